The highest BCUT2D eigenvalue weighted by Crippen LogP contribution is 2.28. The van der Waals surface area contributed by atoms with Gasteiger partial charge in [0.25, 0.3) is 0 Å². The third-order valence-electron chi connectivity index (χ3n) is 2.61. The molecule has 0 unspecified atom stereocenters. The largest absolute Gasteiger partial charge is 0.443 e. The summed E-state index contributed by atoms with van der Waals surface area (Å²) in [6, 6.07) is 13.9. The SMILES string of the molecule is OB(c1cc[c]cc1)c1ccc(C(F)(F)F)cc1. The molecule has 0 spiro atoms. The van der Waals surface area contributed by atoms with Gasteiger partial charge in [0.1, 0.15) is 0 Å². The molecule has 5 heteroatoms. The van der Waals surface area contributed by atoms with Crippen molar-refractivity contribution in [2.45, 2.75) is 6.18 Å². The Labute approximate surface area is 103 Å². The Kier molecular flexibility index (Phi) is 3.43. The van der Waals surface area contributed by atoms with Gasteiger partial charge in [0.2, 0.25) is 0 Å². The van der Waals surface area contributed by atoms with Crippen LogP contribution in [-0.4, -0.2) is 11.9 Å². The number of halogens is 3. The summed E-state index contributed by atoms with van der Waals surface area (Å²) in [4.78, 5) is 0. The Hall–Kier alpha value is -1.75. The van der Waals surface area contributed by atoms with E-state index in [0.29, 0.717) is 10.9 Å². The van der Waals surface area contributed by atoms with Gasteiger partial charge in [0.05, 0.1) is 5.56 Å². The Bertz CT molecular complexity index is 508. The predicted molar refractivity (Wildman–Crippen MR) is 64.0 cm³/mol. The molecule has 18 heavy (non-hydrogen) atoms. The molecule has 1 radical (unpaired) electrons. The van der Waals surface area contributed by atoms with Gasteiger partial charge >= 0.3 is 13.1 Å². The fraction of sp³-hybridized carbons (Fsp3) is 0.0769. The van der Waals surface area contributed by atoms with Crippen molar-refractivity contribution in [3.05, 3.63) is 60.2 Å². The highest BCUT2D eigenvalue weighted by atomic mass is 19.4. The van der Waals surface area contributed by atoms with Crippen molar-refractivity contribution in [2.75, 3.05) is 0 Å². The van der Waals surface area contributed by atoms with Gasteiger partial charge in [-0.15, -0.1) is 0 Å². The first-order valence-corrected chi connectivity index (χ1v) is 5.30. The zero-order chi connectivity index (χ0) is 13.2. The molecule has 0 aliphatic carbocycles. The lowest BCUT2D eigenvalue weighted by Gasteiger charge is -2.10. The molecule has 0 aliphatic heterocycles. The van der Waals surface area contributed by atoms with Crippen LogP contribution in [0.2, 0.25) is 0 Å². The van der Waals surface area contributed by atoms with E-state index in [-0.39, 0.29) is 0 Å². The van der Waals surface area contributed by atoms with Gasteiger partial charge < -0.3 is 5.02 Å². The molecule has 0 heterocycles. The van der Waals surface area contributed by atoms with Crippen LogP contribution in [0.25, 0.3) is 0 Å². The summed E-state index contributed by atoms with van der Waals surface area (Å²) in [5, 5.41) is 9.99. The summed E-state index contributed by atoms with van der Waals surface area (Å²) < 4.78 is 37.1. The molecule has 1 nitrogen and oxygen atoms in total. The second kappa shape index (κ2) is 4.86. The van der Waals surface area contributed by atoms with Crippen molar-refractivity contribution in [3.63, 3.8) is 0 Å². The van der Waals surface area contributed by atoms with E-state index in [9.17, 15) is 18.2 Å². The Morgan fingerprint density at radius 3 is 1.89 bits per heavy atom. The summed E-state index contributed by atoms with van der Waals surface area (Å²) in [6.07, 6.45) is -4.36. The van der Waals surface area contributed by atoms with E-state index in [1.54, 1.807) is 24.3 Å². The maximum Gasteiger partial charge on any atom is 0.416 e. The third-order valence-corrected chi connectivity index (χ3v) is 2.61. The summed E-state index contributed by atoms with van der Waals surface area (Å²) in [5.74, 6) is 0. The second-order valence-corrected chi connectivity index (χ2v) is 3.86. The molecule has 0 bridgehead atoms. The van der Waals surface area contributed by atoms with Crippen LogP contribution in [0.15, 0.2) is 48.5 Å². The number of alkyl halides is 3. The van der Waals surface area contributed by atoms with E-state index in [0.717, 1.165) is 12.1 Å². The first-order valence-electron chi connectivity index (χ1n) is 5.30. The lowest BCUT2D eigenvalue weighted by molar-refractivity contribution is -0.137. The minimum Gasteiger partial charge on any atom is -0.443 e. The Balaban J connectivity index is 2.25. The minimum absolute atomic E-state index is 0.425. The van der Waals surface area contributed by atoms with Gasteiger partial charge in [0, 0.05) is 0 Å². The molecular formula is C13H9BF3O. The van der Waals surface area contributed by atoms with Gasteiger partial charge in [-0.2, -0.15) is 13.2 Å². The van der Waals surface area contributed by atoms with Crippen LogP contribution in [0.1, 0.15) is 5.56 Å². The molecular weight excluding hydrogens is 240 g/mol. The van der Waals surface area contributed by atoms with Crippen LogP contribution in [-0.2, 0) is 6.18 Å². The molecule has 2 aromatic carbocycles. The predicted octanol–water partition coefficient (Wildman–Crippen LogP) is 1.60. The fourth-order valence-electron chi connectivity index (χ4n) is 1.63. The standard InChI is InChI=1S/C13H9BF3O/c15-13(16,17)10-6-8-12(9-7-10)14(18)11-4-2-1-3-5-11/h2-9,18H. The number of benzene rings is 2. The molecule has 0 atom stereocenters. The molecule has 2 aromatic rings. The minimum atomic E-state index is -4.36. The van der Waals surface area contributed by atoms with E-state index >= 15 is 0 Å². The zero-order valence-electron chi connectivity index (χ0n) is 9.28. The van der Waals surface area contributed by atoms with E-state index in [2.05, 4.69) is 6.07 Å². The first kappa shape index (κ1) is 12.7. The smallest absolute Gasteiger partial charge is 0.416 e. The maximum atomic E-state index is 12.4. The van der Waals surface area contributed by atoms with Crippen LogP contribution < -0.4 is 10.9 Å². The Morgan fingerprint density at radius 2 is 1.39 bits per heavy atom. The summed E-state index contributed by atoms with van der Waals surface area (Å²) in [5.41, 5.74) is 0.322. The number of rotatable bonds is 2. The van der Waals surface area contributed by atoms with Crippen molar-refractivity contribution in [2.24, 2.45) is 0 Å². The van der Waals surface area contributed by atoms with Gasteiger partial charge in [-0.3, -0.25) is 0 Å². The monoisotopic (exact) mass is 249 g/mol. The van der Waals surface area contributed by atoms with Crippen molar-refractivity contribution < 1.29 is 18.2 Å². The number of hydrogen-bond acceptors (Lipinski definition) is 1. The van der Waals surface area contributed by atoms with Crippen molar-refractivity contribution in [1.82, 2.24) is 0 Å². The van der Waals surface area contributed by atoms with Crippen LogP contribution >= 0.6 is 0 Å². The fourth-order valence-corrected chi connectivity index (χ4v) is 1.63. The summed E-state index contributed by atoms with van der Waals surface area (Å²) >= 11 is 0. The van der Waals surface area contributed by atoms with Gasteiger partial charge in [-0.05, 0) is 17.0 Å². The molecule has 0 aromatic heterocycles. The van der Waals surface area contributed by atoms with E-state index in [1.165, 1.54) is 12.1 Å². The Morgan fingerprint density at radius 1 is 0.889 bits per heavy atom. The van der Waals surface area contributed by atoms with Crippen LogP contribution in [0.5, 0.6) is 0 Å². The van der Waals surface area contributed by atoms with Gasteiger partial charge in [-0.25, -0.2) is 0 Å². The van der Waals surface area contributed by atoms with E-state index in [1.807, 2.05) is 0 Å². The quantitative estimate of drug-likeness (QED) is 0.801. The van der Waals surface area contributed by atoms with Crippen molar-refractivity contribution >= 4 is 17.8 Å². The van der Waals surface area contributed by atoms with Crippen LogP contribution in [0.4, 0.5) is 13.2 Å². The van der Waals surface area contributed by atoms with Crippen LogP contribution in [0.3, 0.4) is 0 Å². The topological polar surface area (TPSA) is 20.2 Å². The molecule has 0 fully saturated rings. The third kappa shape index (κ3) is 2.74. The lowest BCUT2D eigenvalue weighted by atomic mass is 9.56. The molecule has 0 amide bonds. The highest BCUT2D eigenvalue weighted by Gasteiger charge is 2.30. The van der Waals surface area contributed by atoms with E-state index < -0.39 is 18.7 Å². The molecule has 0 saturated carbocycles. The van der Waals surface area contributed by atoms with Gasteiger partial charge in [0.15, 0.2) is 0 Å². The molecule has 0 aliphatic rings. The molecule has 2 rings (SSSR count). The molecule has 0 saturated heterocycles. The van der Waals surface area contributed by atoms with E-state index in [4.69, 9.17) is 0 Å². The second-order valence-electron chi connectivity index (χ2n) is 3.86. The maximum absolute atomic E-state index is 12.4. The van der Waals surface area contributed by atoms with Gasteiger partial charge in [-0.1, -0.05) is 48.5 Å². The van der Waals surface area contributed by atoms with Crippen LogP contribution in [0, 0.1) is 6.07 Å². The molecule has 1 N–H and O–H groups in total. The average molecular weight is 249 g/mol. The lowest BCUT2D eigenvalue weighted by Crippen LogP contribution is -2.42. The summed E-state index contributed by atoms with van der Waals surface area (Å²) in [6.45, 7) is -0.929. The normalized spacial score (nSPS) is 11.3. The average Bonchev–Trinajstić information content (AvgIpc) is 2.38. The number of hydrogen-bond donors (Lipinski definition) is 1. The van der Waals surface area contributed by atoms with Crippen molar-refractivity contribution in [3.8, 4) is 0 Å². The highest BCUT2D eigenvalue weighted by molar-refractivity contribution is 6.78. The molecule has 91 valence electrons. The van der Waals surface area contributed by atoms with Crippen molar-refractivity contribution in [1.29, 1.82) is 0 Å². The summed E-state index contributed by atoms with van der Waals surface area (Å²) in [7, 11) is 0. The first-order chi connectivity index (χ1) is 8.48. The zero-order valence-corrected chi connectivity index (χ0v) is 9.28.